The maximum atomic E-state index is 12.0. The van der Waals surface area contributed by atoms with Crippen molar-refractivity contribution in [1.29, 1.82) is 0 Å². The van der Waals surface area contributed by atoms with Gasteiger partial charge in [-0.25, -0.2) is 0 Å². The van der Waals surface area contributed by atoms with Gasteiger partial charge >= 0.3 is 5.97 Å². The number of rotatable bonds is 10. The van der Waals surface area contributed by atoms with E-state index in [-0.39, 0.29) is 18.2 Å². The first kappa shape index (κ1) is 21.8. The maximum Gasteiger partial charge on any atom is 0.303 e. The Morgan fingerprint density at radius 2 is 1.68 bits per heavy atom. The van der Waals surface area contributed by atoms with Crippen molar-refractivity contribution >= 4 is 46.8 Å². The fourth-order valence-electron chi connectivity index (χ4n) is 2.29. The van der Waals surface area contributed by atoms with E-state index in [1.165, 1.54) is 11.8 Å². The second-order valence-electron chi connectivity index (χ2n) is 6.00. The Hall–Kier alpha value is -2.51. The quantitative estimate of drug-likeness (QED) is 0.508. The van der Waals surface area contributed by atoms with E-state index in [4.69, 9.17) is 16.7 Å². The smallest absolute Gasteiger partial charge is 0.303 e. The van der Waals surface area contributed by atoms with Gasteiger partial charge in [0.25, 0.3) is 5.91 Å². The van der Waals surface area contributed by atoms with Crippen molar-refractivity contribution in [3.63, 3.8) is 0 Å². The third kappa shape index (κ3) is 8.02. The number of anilines is 1. The van der Waals surface area contributed by atoms with Crippen molar-refractivity contribution in [3.8, 4) is 0 Å². The summed E-state index contributed by atoms with van der Waals surface area (Å²) in [6.07, 6.45) is 0.427. The molecule has 2 aromatic carbocycles. The van der Waals surface area contributed by atoms with E-state index >= 15 is 0 Å². The van der Waals surface area contributed by atoms with Gasteiger partial charge in [-0.2, -0.15) is 0 Å². The molecule has 0 atom stereocenters. The highest BCUT2D eigenvalue weighted by Gasteiger charge is 2.07. The summed E-state index contributed by atoms with van der Waals surface area (Å²) in [7, 11) is 0. The summed E-state index contributed by atoms with van der Waals surface area (Å²) < 4.78 is 0. The molecular weight excluding hydrogens is 400 g/mol. The van der Waals surface area contributed by atoms with Gasteiger partial charge in [-0.3, -0.25) is 14.4 Å². The van der Waals surface area contributed by atoms with Gasteiger partial charge in [0.15, 0.2) is 0 Å². The molecule has 0 heterocycles. The van der Waals surface area contributed by atoms with Crippen LogP contribution in [0.4, 0.5) is 5.69 Å². The largest absolute Gasteiger partial charge is 0.481 e. The van der Waals surface area contributed by atoms with Crippen LogP contribution >= 0.6 is 23.4 Å². The fraction of sp³-hybridized carbons (Fsp3) is 0.250. The second-order valence-corrected chi connectivity index (χ2v) is 7.42. The molecule has 0 aromatic heterocycles. The normalized spacial score (nSPS) is 10.3. The minimum absolute atomic E-state index is 0.0298. The maximum absolute atomic E-state index is 12.0. The minimum atomic E-state index is -0.877. The lowest BCUT2D eigenvalue weighted by Crippen LogP contribution is -2.24. The third-order valence-electron chi connectivity index (χ3n) is 3.70. The summed E-state index contributed by atoms with van der Waals surface area (Å²) in [6, 6.07) is 14.0. The first-order chi connectivity index (χ1) is 13.4. The van der Waals surface area contributed by atoms with E-state index in [9.17, 15) is 14.4 Å². The fourth-order valence-corrected chi connectivity index (χ4v) is 3.20. The summed E-state index contributed by atoms with van der Waals surface area (Å²) in [6.45, 7) is 0.325. The van der Waals surface area contributed by atoms with Gasteiger partial charge in [-0.05, 0) is 48.4 Å². The SMILES string of the molecule is O=C(O)CCCNC(=O)c1ccc(CSCC(=O)Nc2ccc(Cl)cc2)cc1. The number of aliphatic carboxylic acids is 1. The molecule has 0 radical (unpaired) electrons. The van der Waals surface area contributed by atoms with E-state index in [2.05, 4.69) is 10.6 Å². The monoisotopic (exact) mass is 420 g/mol. The zero-order valence-electron chi connectivity index (χ0n) is 15.1. The van der Waals surface area contributed by atoms with Gasteiger partial charge in [0.05, 0.1) is 5.75 Å². The number of carboxylic acid groups (broad SMARTS) is 1. The number of carbonyl (C=O) groups is 3. The Kier molecular flexibility index (Phi) is 8.84. The van der Waals surface area contributed by atoms with Crippen LogP contribution in [0.1, 0.15) is 28.8 Å². The topological polar surface area (TPSA) is 95.5 Å². The van der Waals surface area contributed by atoms with Gasteiger partial charge in [-0.15, -0.1) is 11.8 Å². The lowest BCUT2D eigenvalue weighted by Gasteiger charge is -2.07. The highest BCUT2D eigenvalue weighted by atomic mass is 35.5. The van der Waals surface area contributed by atoms with Crippen LogP contribution in [0.25, 0.3) is 0 Å². The number of hydrogen-bond donors (Lipinski definition) is 3. The van der Waals surface area contributed by atoms with Crippen molar-refractivity contribution in [1.82, 2.24) is 5.32 Å². The Balaban J connectivity index is 1.70. The van der Waals surface area contributed by atoms with Gasteiger partial charge < -0.3 is 15.7 Å². The summed E-state index contributed by atoms with van der Waals surface area (Å²) in [5, 5.41) is 14.7. The summed E-state index contributed by atoms with van der Waals surface area (Å²) >= 11 is 7.29. The third-order valence-corrected chi connectivity index (χ3v) is 4.95. The molecule has 8 heteroatoms. The first-order valence-electron chi connectivity index (χ1n) is 8.66. The Morgan fingerprint density at radius 1 is 1.00 bits per heavy atom. The molecule has 0 aliphatic carbocycles. The van der Waals surface area contributed by atoms with Crippen LogP contribution in [-0.4, -0.2) is 35.2 Å². The average molecular weight is 421 g/mol. The van der Waals surface area contributed by atoms with Crippen molar-refractivity contribution in [2.75, 3.05) is 17.6 Å². The molecule has 0 saturated carbocycles. The van der Waals surface area contributed by atoms with Crippen molar-refractivity contribution < 1.29 is 19.5 Å². The molecule has 148 valence electrons. The van der Waals surface area contributed by atoms with Crippen molar-refractivity contribution in [3.05, 3.63) is 64.7 Å². The van der Waals surface area contributed by atoms with Crippen LogP contribution in [0.3, 0.4) is 0 Å². The number of benzene rings is 2. The zero-order chi connectivity index (χ0) is 20.4. The van der Waals surface area contributed by atoms with Crippen molar-refractivity contribution in [2.24, 2.45) is 0 Å². The van der Waals surface area contributed by atoms with Gasteiger partial charge in [0, 0.05) is 35.0 Å². The van der Waals surface area contributed by atoms with Gasteiger partial charge in [0.1, 0.15) is 0 Å². The van der Waals surface area contributed by atoms with E-state index in [0.29, 0.717) is 40.7 Å². The highest BCUT2D eigenvalue weighted by molar-refractivity contribution is 7.99. The number of thioether (sulfide) groups is 1. The Labute approximate surface area is 172 Å². The molecular formula is C20H21ClN2O4S. The summed E-state index contributed by atoms with van der Waals surface area (Å²) in [5.41, 5.74) is 2.23. The molecule has 28 heavy (non-hydrogen) atoms. The standard InChI is InChI=1S/C20H21ClN2O4S/c21-16-7-9-17(10-8-16)23-18(24)13-28-12-14-3-5-15(6-4-14)20(27)22-11-1-2-19(25)26/h3-10H,1-2,11-13H2,(H,22,27)(H,23,24)(H,25,26). The molecule has 0 aliphatic heterocycles. The summed E-state index contributed by atoms with van der Waals surface area (Å²) in [4.78, 5) is 34.4. The molecule has 2 amide bonds. The lowest BCUT2D eigenvalue weighted by molar-refractivity contribution is -0.137. The Bertz CT molecular complexity index is 810. The number of nitrogens with one attached hydrogen (secondary N) is 2. The molecule has 2 rings (SSSR count). The van der Waals surface area contributed by atoms with Gasteiger partial charge in [-0.1, -0.05) is 23.7 Å². The molecule has 2 aromatic rings. The number of halogens is 1. The molecule has 0 spiro atoms. The van der Waals surface area contributed by atoms with Crippen LogP contribution in [0, 0.1) is 0 Å². The van der Waals surface area contributed by atoms with Crippen LogP contribution in [-0.2, 0) is 15.3 Å². The molecule has 0 unspecified atom stereocenters. The van der Waals surface area contributed by atoms with E-state index in [1.54, 1.807) is 36.4 Å². The highest BCUT2D eigenvalue weighted by Crippen LogP contribution is 2.16. The predicted molar refractivity (Wildman–Crippen MR) is 112 cm³/mol. The predicted octanol–water partition coefficient (Wildman–Crippen LogP) is 3.81. The van der Waals surface area contributed by atoms with Crippen LogP contribution in [0.15, 0.2) is 48.5 Å². The van der Waals surface area contributed by atoms with Crippen LogP contribution < -0.4 is 10.6 Å². The van der Waals surface area contributed by atoms with Gasteiger partial charge in [0.2, 0.25) is 5.91 Å². The molecule has 3 N–H and O–H groups in total. The lowest BCUT2D eigenvalue weighted by atomic mass is 10.1. The molecule has 0 bridgehead atoms. The summed E-state index contributed by atoms with van der Waals surface area (Å²) in [5.74, 6) is -0.238. The molecule has 0 saturated heterocycles. The van der Waals surface area contributed by atoms with E-state index < -0.39 is 5.97 Å². The first-order valence-corrected chi connectivity index (χ1v) is 10.2. The number of amides is 2. The van der Waals surface area contributed by atoms with Crippen LogP contribution in [0.5, 0.6) is 0 Å². The van der Waals surface area contributed by atoms with Crippen molar-refractivity contribution in [2.45, 2.75) is 18.6 Å². The second kappa shape index (κ2) is 11.4. The molecule has 0 aliphatic rings. The number of hydrogen-bond acceptors (Lipinski definition) is 4. The Morgan fingerprint density at radius 3 is 2.32 bits per heavy atom. The molecule has 0 fully saturated rings. The molecule has 6 nitrogen and oxygen atoms in total. The van der Waals surface area contributed by atoms with E-state index in [0.717, 1.165) is 5.56 Å². The number of carboxylic acids is 1. The van der Waals surface area contributed by atoms with Crippen LogP contribution in [0.2, 0.25) is 5.02 Å². The zero-order valence-corrected chi connectivity index (χ0v) is 16.7. The van der Waals surface area contributed by atoms with E-state index in [1.807, 2.05) is 12.1 Å². The number of carbonyl (C=O) groups excluding carboxylic acids is 2. The minimum Gasteiger partial charge on any atom is -0.481 e. The average Bonchev–Trinajstić information content (AvgIpc) is 2.67.